The summed E-state index contributed by atoms with van der Waals surface area (Å²) in [6, 6.07) is 16.6. The lowest BCUT2D eigenvalue weighted by Crippen LogP contribution is -2.48. The van der Waals surface area contributed by atoms with Gasteiger partial charge in [-0.25, -0.2) is 0 Å². The summed E-state index contributed by atoms with van der Waals surface area (Å²) in [4.78, 5) is 31.5. The summed E-state index contributed by atoms with van der Waals surface area (Å²) in [6.07, 6.45) is 1.60. The molecule has 5 nitrogen and oxygen atoms in total. The number of hydrogen-bond acceptors (Lipinski definition) is 4. The molecule has 34 heavy (non-hydrogen) atoms. The van der Waals surface area contributed by atoms with Gasteiger partial charge in [0.15, 0.2) is 0 Å². The first-order valence-corrected chi connectivity index (χ1v) is 12.8. The van der Waals surface area contributed by atoms with Gasteiger partial charge in [-0.3, -0.25) is 9.59 Å². The highest BCUT2D eigenvalue weighted by atomic mass is 35.5. The van der Waals surface area contributed by atoms with Gasteiger partial charge in [0.2, 0.25) is 5.91 Å². The van der Waals surface area contributed by atoms with Crippen molar-refractivity contribution in [3.63, 3.8) is 0 Å². The molecule has 1 unspecified atom stereocenters. The first kappa shape index (κ1) is 24.3. The summed E-state index contributed by atoms with van der Waals surface area (Å²) < 4.78 is 6.06. The normalized spacial score (nSPS) is 15.0. The van der Waals surface area contributed by atoms with Gasteiger partial charge < -0.3 is 14.5 Å². The molecule has 2 heterocycles. The predicted octanol–water partition coefficient (Wildman–Crippen LogP) is 5.77. The molecule has 0 aliphatic carbocycles. The van der Waals surface area contributed by atoms with Crippen LogP contribution < -0.4 is 4.74 Å². The van der Waals surface area contributed by atoms with Crippen molar-refractivity contribution < 1.29 is 14.3 Å². The maximum atomic E-state index is 13.5. The summed E-state index contributed by atoms with van der Waals surface area (Å²) >= 11 is 7.71. The van der Waals surface area contributed by atoms with Crippen LogP contribution in [0.5, 0.6) is 5.75 Å². The van der Waals surface area contributed by atoms with Crippen LogP contribution in [0.4, 0.5) is 0 Å². The molecule has 0 saturated carbocycles. The van der Waals surface area contributed by atoms with E-state index in [-0.39, 0.29) is 24.4 Å². The van der Waals surface area contributed by atoms with E-state index in [0.717, 1.165) is 24.0 Å². The van der Waals surface area contributed by atoms with Gasteiger partial charge in [0, 0.05) is 28.6 Å². The first-order valence-electron chi connectivity index (χ1n) is 11.6. The van der Waals surface area contributed by atoms with Crippen LogP contribution in [0.25, 0.3) is 0 Å². The van der Waals surface area contributed by atoms with Crippen molar-refractivity contribution in [2.75, 3.05) is 26.2 Å². The van der Waals surface area contributed by atoms with Gasteiger partial charge in [-0.05, 0) is 73.2 Å². The number of halogens is 1. The van der Waals surface area contributed by atoms with E-state index >= 15 is 0 Å². The Morgan fingerprint density at radius 2 is 1.85 bits per heavy atom. The summed E-state index contributed by atoms with van der Waals surface area (Å²) in [5, 5.41) is 2.72. The molecule has 178 valence electrons. The third-order valence-electron chi connectivity index (χ3n) is 6.04. The average Bonchev–Trinajstić information content (AvgIpc) is 3.32. The molecule has 0 radical (unpaired) electrons. The lowest BCUT2D eigenvalue weighted by atomic mass is 10.0. The molecular formula is C27H29ClN2O3S. The van der Waals surface area contributed by atoms with Gasteiger partial charge >= 0.3 is 0 Å². The topological polar surface area (TPSA) is 49.9 Å². The molecular weight excluding hydrogens is 468 g/mol. The Kier molecular flexibility index (Phi) is 7.91. The second-order valence-electron chi connectivity index (χ2n) is 8.51. The molecule has 4 rings (SSSR count). The highest BCUT2D eigenvalue weighted by Gasteiger charge is 2.33. The standard InChI is InChI=1S/C27H29ClN2O3S/c1-3-14-29(27(32)20-6-4-19(2)5-7-20)17-26(31)30-15-12-25-23(13-16-34-25)24(30)18-33-22-10-8-21(28)9-11-22/h4-11,13,16,24H,3,12,14-15,17-18H2,1-2H3. The van der Waals surface area contributed by atoms with Crippen LogP contribution in [0.2, 0.25) is 5.02 Å². The Hall–Kier alpha value is -2.83. The minimum absolute atomic E-state index is 0.0530. The largest absolute Gasteiger partial charge is 0.491 e. The third-order valence-corrected chi connectivity index (χ3v) is 7.29. The Morgan fingerprint density at radius 3 is 2.56 bits per heavy atom. The summed E-state index contributed by atoms with van der Waals surface area (Å²) in [5.41, 5.74) is 2.83. The molecule has 1 aliphatic heterocycles. The molecule has 0 saturated heterocycles. The van der Waals surface area contributed by atoms with Crippen molar-refractivity contribution >= 4 is 34.8 Å². The number of carbonyl (C=O) groups excluding carboxylic acids is 2. The van der Waals surface area contributed by atoms with Gasteiger partial charge in [0.1, 0.15) is 18.9 Å². The minimum atomic E-state index is -0.198. The lowest BCUT2D eigenvalue weighted by Gasteiger charge is -2.37. The molecule has 2 aromatic carbocycles. The van der Waals surface area contributed by atoms with Crippen LogP contribution in [-0.4, -0.2) is 47.9 Å². The first-order chi connectivity index (χ1) is 16.5. The van der Waals surface area contributed by atoms with E-state index in [1.807, 2.05) is 55.1 Å². The Bertz CT molecular complexity index is 1130. The number of aryl methyl sites for hydroxylation is 1. The zero-order valence-corrected chi connectivity index (χ0v) is 21.1. The SMILES string of the molecule is CCCN(CC(=O)N1CCc2sccc2C1COc1ccc(Cl)cc1)C(=O)c1ccc(C)cc1. The molecule has 7 heteroatoms. The molecule has 0 bridgehead atoms. The van der Waals surface area contributed by atoms with Gasteiger partial charge in [-0.1, -0.05) is 36.2 Å². The van der Waals surface area contributed by atoms with Crippen molar-refractivity contribution in [1.82, 2.24) is 9.80 Å². The average molecular weight is 497 g/mol. The predicted molar refractivity (Wildman–Crippen MR) is 137 cm³/mol. The smallest absolute Gasteiger partial charge is 0.254 e. The maximum absolute atomic E-state index is 13.5. The van der Waals surface area contributed by atoms with Gasteiger partial charge in [-0.15, -0.1) is 11.3 Å². The van der Waals surface area contributed by atoms with Crippen molar-refractivity contribution in [2.45, 2.75) is 32.7 Å². The highest BCUT2D eigenvalue weighted by Crippen LogP contribution is 2.34. The zero-order valence-electron chi connectivity index (χ0n) is 19.5. The van der Waals surface area contributed by atoms with Crippen LogP contribution in [0.1, 0.15) is 45.7 Å². The van der Waals surface area contributed by atoms with Crippen molar-refractivity contribution in [1.29, 1.82) is 0 Å². The van der Waals surface area contributed by atoms with Crippen LogP contribution >= 0.6 is 22.9 Å². The molecule has 0 N–H and O–H groups in total. The summed E-state index contributed by atoms with van der Waals surface area (Å²) in [6.45, 7) is 5.54. The van der Waals surface area contributed by atoms with Crippen LogP contribution in [0.3, 0.4) is 0 Å². The van der Waals surface area contributed by atoms with Crippen molar-refractivity contribution in [3.8, 4) is 5.75 Å². The molecule has 1 aromatic heterocycles. The van der Waals surface area contributed by atoms with E-state index in [2.05, 4.69) is 11.4 Å². The zero-order chi connectivity index (χ0) is 24.1. The monoisotopic (exact) mass is 496 g/mol. The van der Waals surface area contributed by atoms with E-state index in [9.17, 15) is 9.59 Å². The molecule has 3 aromatic rings. The number of benzene rings is 2. The van der Waals surface area contributed by atoms with Crippen LogP contribution in [0.15, 0.2) is 60.0 Å². The Balaban J connectivity index is 1.51. The number of hydrogen-bond donors (Lipinski definition) is 0. The molecule has 2 amide bonds. The summed E-state index contributed by atoms with van der Waals surface area (Å²) in [7, 11) is 0. The van der Waals surface area contributed by atoms with Crippen molar-refractivity contribution in [2.24, 2.45) is 0 Å². The van der Waals surface area contributed by atoms with Crippen molar-refractivity contribution in [3.05, 3.63) is 86.6 Å². The van der Waals surface area contributed by atoms with E-state index in [0.29, 0.717) is 36.0 Å². The number of amides is 2. The fraction of sp³-hybridized carbons (Fsp3) is 0.333. The number of thiophene rings is 1. The number of fused-ring (bicyclic) bond motifs is 1. The Labute approximate surface area is 209 Å². The third kappa shape index (κ3) is 5.62. The van der Waals surface area contributed by atoms with Gasteiger partial charge in [-0.2, -0.15) is 0 Å². The molecule has 0 fully saturated rings. The summed E-state index contributed by atoms with van der Waals surface area (Å²) in [5.74, 6) is 0.536. The maximum Gasteiger partial charge on any atom is 0.254 e. The van der Waals surface area contributed by atoms with Crippen LogP contribution in [0, 0.1) is 6.92 Å². The highest BCUT2D eigenvalue weighted by molar-refractivity contribution is 7.10. The number of rotatable bonds is 8. The van der Waals surface area contributed by atoms with E-state index in [1.165, 1.54) is 4.88 Å². The minimum Gasteiger partial charge on any atom is -0.491 e. The lowest BCUT2D eigenvalue weighted by molar-refractivity contribution is -0.135. The molecule has 0 spiro atoms. The fourth-order valence-electron chi connectivity index (χ4n) is 4.24. The Morgan fingerprint density at radius 1 is 1.12 bits per heavy atom. The number of carbonyl (C=O) groups is 2. The molecule has 1 aliphatic rings. The molecule has 1 atom stereocenters. The van der Waals surface area contributed by atoms with E-state index < -0.39 is 0 Å². The number of nitrogens with zero attached hydrogens (tertiary/aromatic N) is 2. The van der Waals surface area contributed by atoms with Gasteiger partial charge in [0.05, 0.1) is 6.04 Å². The quantitative estimate of drug-likeness (QED) is 0.398. The van der Waals surface area contributed by atoms with E-state index in [1.54, 1.807) is 28.4 Å². The van der Waals surface area contributed by atoms with Gasteiger partial charge in [0.25, 0.3) is 5.91 Å². The number of ether oxygens (including phenoxy) is 1. The van der Waals surface area contributed by atoms with Crippen LogP contribution in [-0.2, 0) is 11.2 Å². The second kappa shape index (κ2) is 11.1. The second-order valence-corrected chi connectivity index (χ2v) is 9.95. The van der Waals surface area contributed by atoms with E-state index in [4.69, 9.17) is 16.3 Å². The fourth-order valence-corrected chi connectivity index (χ4v) is 5.29.